The van der Waals surface area contributed by atoms with Crippen molar-refractivity contribution in [3.05, 3.63) is 0 Å². The number of rotatable bonds is 7. The molecule has 14 heavy (non-hydrogen) atoms. The summed E-state index contributed by atoms with van der Waals surface area (Å²) in [5.74, 6) is 0. The molecule has 0 radical (unpaired) electrons. The van der Waals surface area contributed by atoms with Gasteiger partial charge in [0.15, 0.2) is 0 Å². The van der Waals surface area contributed by atoms with E-state index in [1.165, 1.54) is 25.7 Å². The summed E-state index contributed by atoms with van der Waals surface area (Å²) < 4.78 is 0. The lowest BCUT2D eigenvalue weighted by atomic mass is 9.89. The minimum absolute atomic E-state index is 0.0519. The van der Waals surface area contributed by atoms with Gasteiger partial charge in [0.1, 0.15) is 0 Å². The molecule has 0 saturated carbocycles. The molecule has 0 aromatic heterocycles. The van der Waals surface area contributed by atoms with E-state index in [1.807, 2.05) is 0 Å². The van der Waals surface area contributed by atoms with E-state index in [1.54, 1.807) is 0 Å². The molecule has 1 heteroatoms. The Labute approximate surface area is 89.9 Å². The van der Waals surface area contributed by atoms with E-state index in [9.17, 15) is 5.11 Å². The van der Waals surface area contributed by atoms with Gasteiger partial charge in [0.2, 0.25) is 0 Å². The molecule has 1 nitrogen and oxygen atoms in total. The lowest BCUT2D eigenvalue weighted by molar-refractivity contribution is 0.143. The summed E-state index contributed by atoms with van der Waals surface area (Å²) in [5, 5.41) is 9.67. The summed E-state index contributed by atoms with van der Waals surface area (Å²) in [6.07, 6.45) is 8.01. The highest BCUT2D eigenvalue weighted by atomic mass is 16.3. The van der Waals surface area contributed by atoms with E-state index in [0.717, 1.165) is 19.3 Å². The van der Waals surface area contributed by atoms with E-state index in [2.05, 4.69) is 27.7 Å². The molecule has 0 unspecified atom stereocenters. The van der Waals surface area contributed by atoms with Crippen molar-refractivity contribution < 1.29 is 5.11 Å². The van der Waals surface area contributed by atoms with Gasteiger partial charge in [-0.05, 0) is 24.7 Å². The van der Waals surface area contributed by atoms with Gasteiger partial charge < -0.3 is 5.11 Å². The zero-order valence-electron chi connectivity index (χ0n) is 10.5. The van der Waals surface area contributed by atoms with Crippen LogP contribution in [-0.2, 0) is 0 Å². The molecule has 1 atom stereocenters. The highest BCUT2D eigenvalue weighted by molar-refractivity contribution is 4.64. The zero-order chi connectivity index (χ0) is 11.0. The van der Waals surface area contributed by atoms with E-state index < -0.39 is 0 Å². The smallest absolute Gasteiger partial charge is 0.0540 e. The van der Waals surface area contributed by atoms with E-state index in [0.29, 0.717) is 5.41 Å². The lowest BCUT2D eigenvalue weighted by Crippen LogP contribution is -2.10. The Hall–Kier alpha value is -0.0400. The zero-order valence-corrected chi connectivity index (χ0v) is 10.5. The minimum Gasteiger partial charge on any atom is -0.393 e. The largest absolute Gasteiger partial charge is 0.393 e. The fourth-order valence-electron chi connectivity index (χ4n) is 1.64. The molecule has 0 aromatic carbocycles. The average molecular weight is 200 g/mol. The summed E-state index contributed by atoms with van der Waals surface area (Å²) in [5.41, 5.74) is 0.420. The number of hydrogen-bond acceptors (Lipinski definition) is 1. The summed E-state index contributed by atoms with van der Waals surface area (Å²) >= 11 is 0. The first-order valence-corrected chi connectivity index (χ1v) is 6.14. The summed E-state index contributed by atoms with van der Waals surface area (Å²) in [7, 11) is 0. The number of aliphatic hydroxyl groups is 1. The van der Waals surface area contributed by atoms with Crippen molar-refractivity contribution in [2.75, 3.05) is 0 Å². The standard InChI is InChI=1S/C13H28O/c1-5-6-7-9-12(14)10-8-11-13(2,3)4/h12,14H,5-11H2,1-4H3/t12-/m1/s1. The maximum Gasteiger partial charge on any atom is 0.0540 e. The van der Waals surface area contributed by atoms with Gasteiger partial charge in [0.25, 0.3) is 0 Å². The van der Waals surface area contributed by atoms with E-state index in [4.69, 9.17) is 0 Å². The second-order valence-corrected chi connectivity index (χ2v) is 5.60. The molecular formula is C13H28O. The van der Waals surface area contributed by atoms with Gasteiger partial charge in [0.05, 0.1) is 6.10 Å². The molecule has 0 saturated heterocycles. The monoisotopic (exact) mass is 200 g/mol. The fraction of sp³-hybridized carbons (Fsp3) is 1.00. The van der Waals surface area contributed by atoms with Gasteiger partial charge in [-0.15, -0.1) is 0 Å². The first kappa shape index (κ1) is 14.0. The molecule has 0 aromatic rings. The topological polar surface area (TPSA) is 20.2 Å². The van der Waals surface area contributed by atoms with E-state index >= 15 is 0 Å². The second-order valence-electron chi connectivity index (χ2n) is 5.60. The highest BCUT2D eigenvalue weighted by Crippen LogP contribution is 2.22. The summed E-state index contributed by atoms with van der Waals surface area (Å²) in [6.45, 7) is 8.98. The van der Waals surface area contributed by atoms with Crippen LogP contribution in [-0.4, -0.2) is 11.2 Å². The van der Waals surface area contributed by atoms with Gasteiger partial charge in [-0.25, -0.2) is 0 Å². The van der Waals surface area contributed by atoms with Crippen LogP contribution in [0.1, 0.15) is 72.6 Å². The van der Waals surface area contributed by atoms with Crippen LogP contribution in [0.25, 0.3) is 0 Å². The Balaban J connectivity index is 3.31. The molecule has 0 spiro atoms. The first-order chi connectivity index (χ1) is 6.45. The summed E-state index contributed by atoms with van der Waals surface area (Å²) in [6, 6.07) is 0. The first-order valence-electron chi connectivity index (χ1n) is 6.14. The summed E-state index contributed by atoms with van der Waals surface area (Å²) in [4.78, 5) is 0. The molecule has 1 N–H and O–H groups in total. The van der Waals surface area contributed by atoms with Crippen LogP contribution in [0.4, 0.5) is 0 Å². The van der Waals surface area contributed by atoms with Crippen LogP contribution in [0.15, 0.2) is 0 Å². The molecular weight excluding hydrogens is 172 g/mol. The van der Waals surface area contributed by atoms with Gasteiger partial charge in [-0.1, -0.05) is 53.4 Å². The van der Waals surface area contributed by atoms with Crippen molar-refractivity contribution in [1.82, 2.24) is 0 Å². The third-order valence-corrected chi connectivity index (χ3v) is 2.61. The molecule has 0 aliphatic rings. The average Bonchev–Trinajstić information content (AvgIpc) is 2.02. The number of unbranched alkanes of at least 4 members (excludes halogenated alkanes) is 2. The fourth-order valence-corrected chi connectivity index (χ4v) is 1.64. The van der Waals surface area contributed by atoms with Crippen molar-refractivity contribution in [1.29, 1.82) is 0 Å². The van der Waals surface area contributed by atoms with Crippen LogP contribution in [0, 0.1) is 5.41 Å². The molecule has 0 amide bonds. The SMILES string of the molecule is CCCCC[C@@H](O)CCCC(C)(C)C. The predicted octanol–water partition coefficient (Wildman–Crippen LogP) is 4.14. The normalized spacial score (nSPS) is 14.4. The van der Waals surface area contributed by atoms with Crippen molar-refractivity contribution in [2.24, 2.45) is 5.41 Å². The van der Waals surface area contributed by atoms with Crippen LogP contribution < -0.4 is 0 Å². The maximum atomic E-state index is 9.67. The molecule has 0 bridgehead atoms. The molecule has 86 valence electrons. The lowest BCUT2D eigenvalue weighted by Gasteiger charge is -2.18. The van der Waals surface area contributed by atoms with Gasteiger partial charge in [-0.2, -0.15) is 0 Å². The number of hydrogen-bond donors (Lipinski definition) is 1. The Morgan fingerprint density at radius 3 is 2.07 bits per heavy atom. The van der Waals surface area contributed by atoms with Crippen molar-refractivity contribution in [2.45, 2.75) is 78.7 Å². The third-order valence-electron chi connectivity index (χ3n) is 2.61. The maximum absolute atomic E-state index is 9.67. The predicted molar refractivity (Wildman–Crippen MR) is 63.5 cm³/mol. The molecule has 0 rings (SSSR count). The van der Waals surface area contributed by atoms with Crippen LogP contribution in [0.3, 0.4) is 0 Å². The third kappa shape index (κ3) is 10.0. The Bertz CT molecular complexity index is 124. The van der Waals surface area contributed by atoms with Crippen molar-refractivity contribution >= 4 is 0 Å². The van der Waals surface area contributed by atoms with Gasteiger partial charge >= 0.3 is 0 Å². The Morgan fingerprint density at radius 2 is 1.57 bits per heavy atom. The molecule has 0 heterocycles. The van der Waals surface area contributed by atoms with Crippen molar-refractivity contribution in [3.8, 4) is 0 Å². The molecule has 0 fully saturated rings. The van der Waals surface area contributed by atoms with Gasteiger partial charge in [-0.3, -0.25) is 0 Å². The minimum atomic E-state index is -0.0519. The molecule has 0 aliphatic carbocycles. The van der Waals surface area contributed by atoms with Crippen LogP contribution in [0.2, 0.25) is 0 Å². The quantitative estimate of drug-likeness (QED) is 0.612. The van der Waals surface area contributed by atoms with E-state index in [-0.39, 0.29) is 6.10 Å². The highest BCUT2D eigenvalue weighted by Gasteiger charge is 2.11. The molecule has 0 aliphatic heterocycles. The Morgan fingerprint density at radius 1 is 1.00 bits per heavy atom. The van der Waals surface area contributed by atoms with Crippen LogP contribution >= 0.6 is 0 Å². The van der Waals surface area contributed by atoms with Gasteiger partial charge in [0, 0.05) is 0 Å². The second kappa shape index (κ2) is 7.28. The Kier molecular flexibility index (Phi) is 7.26. The number of aliphatic hydroxyl groups excluding tert-OH is 1. The van der Waals surface area contributed by atoms with Crippen molar-refractivity contribution in [3.63, 3.8) is 0 Å². The van der Waals surface area contributed by atoms with Crippen LogP contribution in [0.5, 0.6) is 0 Å².